The summed E-state index contributed by atoms with van der Waals surface area (Å²) in [5.74, 6) is 2.54. The van der Waals surface area contributed by atoms with Crippen LogP contribution in [0.5, 0.6) is 23.0 Å². The molecule has 1 amide bonds. The number of carbonyl (C=O) groups is 1. The van der Waals surface area contributed by atoms with E-state index in [-0.39, 0.29) is 12.7 Å². The fourth-order valence-electron chi connectivity index (χ4n) is 2.72. The molecule has 0 fully saturated rings. The molecular weight excluding hydrogens is 334 g/mol. The number of hydrogen-bond acceptors (Lipinski definition) is 5. The first-order valence-corrected chi connectivity index (χ1v) is 8.15. The molecule has 136 valence electrons. The van der Waals surface area contributed by atoms with Gasteiger partial charge in [0.25, 0.3) is 0 Å². The molecule has 2 aromatic carbocycles. The maximum Gasteiger partial charge on any atom is 0.246 e. The molecule has 26 heavy (non-hydrogen) atoms. The van der Waals surface area contributed by atoms with Crippen LogP contribution < -0.4 is 18.9 Å². The molecule has 1 aliphatic rings. The van der Waals surface area contributed by atoms with Crippen molar-refractivity contribution in [3.05, 3.63) is 53.6 Å². The minimum atomic E-state index is -0.118. The second kappa shape index (κ2) is 7.82. The number of para-hydroxylation sites is 1. The summed E-state index contributed by atoms with van der Waals surface area (Å²) in [7, 11) is 4.90. The number of fused-ring (bicyclic) bond motifs is 1. The van der Waals surface area contributed by atoms with Crippen LogP contribution in [0, 0.1) is 0 Å². The van der Waals surface area contributed by atoms with Gasteiger partial charge in [-0.1, -0.05) is 18.2 Å². The minimum Gasteiger partial charge on any atom is -0.493 e. The van der Waals surface area contributed by atoms with E-state index in [1.807, 2.05) is 36.4 Å². The Morgan fingerprint density at radius 3 is 2.73 bits per heavy atom. The summed E-state index contributed by atoms with van der Waals surface area (Å²) in [5.41, 5.74) is 1.74. The molecule has 6 nitrogen and oxygen atoms in total. The zero-order valence-electron chi connectivity index (χ0n) is 15.0. The second-order valence-electron chi connectivity index (χ2n) is 5.80. The van der Waals surface area contributed by atoms with Gasteiger partial charge >= 0.3 is 0 Å². The highest BCUT2D eigenvalue weighted by atomic mass is 16.7. The van der Waals surface area contributed by atoms with Crippen LogP contribution in [0.2, 0.25) is 0 Å². The summed E-state index contributed by atoms with van der Waals surface area (Å²) >= 11 is 0. The molecule has 0 atom stereocenters. The van der Waals surface area contributed by atoms with Crippen molar-refractivity contribution < 1.29 is 23.7 Å². The average Bonchev–Trinajstić information content (AvgIpc) is 3.13. The van der Waals surface area contributed by atoms with E-state index in [2.05, 4.69) is 0 Å². The van der Waals surface area contributed by atoms with Crippen LogP contribution in [0.1, 0.15) is 11.1 Å². The van der Waals surface area contributed by atoms with Gasteiger partial charge in [0.05, 0.1) is 14.2 Å². The van der Waals surface area contributed by atoms with Crippen LogP contribution in [-0.4, -0.2) is 38.9 Å². The van der Waals surface area contributed by atoms with Crippen molar-refractivity contribution in [2.75, 3.05) is 28.1 Å². The first kappa shape index (κ1) is 17.7. The quantitative estimate of drug-likeness (QED) is 0.745. The summed E-state index contributed by atoms with van der Waals surface area (Å²) in [6, 6.07) is 11.2. The van der Waals surface area contributed by atoms with Crippen molar-refractivity contribution in [2.24, 2.45) is 0 Å². The van der Waals surface area contributed by atoms with Gasteiger partial charge in [-0.25, -0.2) is 0 Å². The number of ether oxygens (including phenoxy) is 4. The summed E-state index contributed by atoms with van der Waals surface area (Å²) < 4.78 is 21.3. The molecule has 0 aromatic heterocycles. The zero-order chi connectivity index (χ0) is 18.5. The van der Waals surface area contributed by atoms with Crippen molar-refractivity contribution >= 4 is 12.0 Å². The van der Waals surface area contributed by atoms with Crippen LogP contribution in [0.25, 0.3) is 6.08 Å². The molecule has 0 saturated heterocycles. The minimum absolute atomic E-state index is 0.118. The number of amides is 1. The maximum atomic E-state index is 12.4. The van der Waals surface area contributed by atoms with Crippen LogP contribution in [-0.2, 0) is 11.3 Å². The maximum absolute atomic E-state index is 12.4. The fraction of sp³-hybridized carbons (Fsp3) is 0.250. The summed E-state index contributed by atoms with van der Waals surface area (Å²) in [6.07, 6.45) is 3.24. The van der Waals surface area contributed by atoms with Gasteiger partial charge in [-0.05, 0) is 29.8 Å². The molecule has 3 rings (SSSR count). The monoisotopic (exact) mass is 355 g/mol. The molecule has 0 radical (unpaired) electrons. The van der Waals surface area contributed by atoms with E-state index >= 15 is 0 Å². The Balaban J connectivity index is 1.68. The fourth-order valence-corrected chi connectivity index (χ4v) is 2.72. The lowest BCUT2D eigenvalue weighted by Crippen LogP contribution is -2.24. The topological polar surface area (TPSA) is 57.2 Å². The van der Waals surface area contributed by atoms with Crippen molar-refractivity contribution in [3.63, 3.8) is 0 Å². The Bertz CT molecular complexity index is 831. The molecular formula is C20H21NO5. The number of rotatable bonds is 6. The van der Waals surface area contributed by atoms with Gasteiger partial charge in [-0.3, -0.25) is 4.79 Å². The number of methoxy groups -OCH3 is 2. The molecule has 0 aliphatic carbocycles. The molecule has 2 aromatic rings. The third kappa shape index (κ3) is 3.74. The SMILES string of the molecule is COc1cccc(C=CC(=O)N(C)Cc2ccc3c(c2)OCO3)c1OC. The van der Waals surface area contributed by atoms with Crippen LogP contribution >= 0.6 is 0 Å². The van der Waals surface area contributed by atoms with E-state index in [0.29, 0.717) is 23.8 Å². The highest BCUT2D eigenvalue weighted by Crippen LogP contribution is 2.33. The Hall–Kier alpha value is -3.15. The molecule has 0 bridgehead atoms. The highest BCUT2D eigenvalue weighted by molar-refractivity contribution is 5.92. The van der Waals surface area contributed by atoms with E-state index in [1.165, 1.54) is 6.08 Å². The third-order valence-electron chi connectivity index (χ3n) is 4.07. The smallest absolute Gasteiger partial charge is 0.246 e. The lowest BCUT2D eigenvalue weighted by molar-refractivity contribution is -0.125. The molecule has 0 unspecified atom stereocenters. The first-order chi connectivity index (χ1) is 12.6. The Morgan fingerprint density at radius 2 is 1.96 bits per heavy atom. The molecule has 0 saturated carbocycles. The molecule has 0 N–H and O–H groups in total. The van der Waals surface area contributed by atoms with E-state index in [4.69, 9.17) is 18.9 Å². The molecule has 0 spiro atoms. The lowest BCUT2D eigenvalue weighted by atomic mass is 10.1. The summed E-state index contributed by atoms with van der Waals surface area (Å²) in [6.45, 7) is 0.702. The van der Waals surface area contributed by atoms with Gasteiger partial charge < -0.3 is 23.8 Å². The predicted octanol–water partition coefficient (Wildman–Crippen LogP) is 3.10. The van der Waals surface area contributed by atoms with E-state index < -0.39 is 0 Å². The number of hydrogen-bond donors (Lipinski definition) is 0. The molecule has 1 heterocycles. The third-order valence-corrected chi connectivity index (χ3v) is 4.07. The van der Waals surface area contributed by atoms with Crippen molar-refractivity contribution in [2.45, 2.75) is 6.54 Å². The Kier molecular flexibility index (Phi) is 5.31. The molecule has 6 heteroatoms. The predicted molar refractivity (Wildman–Crippen MR) is 97.6 cm³/mol. The van der Waals surface area contributed by atoms with Gasteiger partial charge in [0.15, 0.2) is 23.0 Å². The van der Waals surface area contributed by atoms with E-state index in [9.17, 15) is 4.79 Å². The zero-order valence-corrected chi connectivity index (χ0v) is 15.0. The van der Waals surface area contributed by atoms with Gasteiger partial charge in [0.2, 0.25) is 12.7 Å². The Morgan fingerprint density at radius 1 is 1.15 bits per heavy atom. The van der Waals surface area contributed by atoms with Crippen molar-refractivity contribution in [1.82, 2.24) is 4.90 Å². The number of carbonyl (C=O) groups excluding carboxylic acids is 1. The number of nitrogens with zero attached hydrogens (tertiary/aromatic N) is 1. The largest absolute Gasteiger partial charge is 0.493 e. The number of likely N-dealkylation sites (N-methyl/N-ethyl adjacent to an activating group) is 1. The normalized spacial score (nSPS) is 12.3. The average molecular weight is 355 g/mol. The van der Waals surface area contributed by atoms with Crippen LogP contribution in [0.3, 0.4) is 0 Å². The lowest BCUT2D eigenvalue weighted by Gasteiger charge is -2.15. The van der Waals surface area contributed by atoms with Crippen molar-refractivity contribution in [3.8, 4) is 23.0 Å². The van der Waals surface area contributed by atoms with Gasteiger partial charge in [-0.2, -0.15) is 0 Å². The standard InChI is InChI=1S/C20H21NO5/c1-21(12-14-7-9-16-18(11-14)26-13-25-16)19(22)10-8-15-5-4-6-17(23-2)20(15)24-3/h4-11H,12-13H2,1-3H3. The van der Waals surface area contributed by atoms with Gasteiger partial charge in [-0.15, -0.1) is 0 Å². The van der Waals surface area contributed by atoms with E-state index in [0.717, 1.165) is 16.9 Å². The van der Waals surface area contributed by atoms with Crippen LogP contribution in [0.4, 0.5) is 0 Å². The van der Waals surface area contributed by atoms with Gasteiger partial charge in [0.1, 0.15) is 0 Å². The van der Waals surface area contributed by atoms with E-state index in [1.54, 1.807) is 32.2 Å². The van der Waals surface area contributed by atoms with Gasteiger partial charge in [0, 0.05) is 25.2 Å². The Labute approximate surface area is 152 Å². The summed E-state index contributed by atoms with van der Waals surface area (Å²) in [4.78, 5) is 14.0. The highest BCUT2D eigenvalue weighted by Gasteiger charge is 2.15. The van der Waals surface area contributed by atoms with Crippen LogP contribution in [0.15, 0.2) is 42.5 Å². The molecule has 1 aliphatic heterocycles. The second-order valence-corrected chi connectivity index (χ2v) is 5.80. The van der Waals surface area contributed by atoms with Crippen molar-refractivity contribution in [1.29, 1.82) is 0 Å². The number of benzene rings is 2. The summed E-state index contributed by atoms with van der Waals surface area (Å²) in [5, 5.41) is 0. The first-order valence-electron chi connectivity index (χ1n) is 8.15.